The molecule has 116 valence electrons. The van der Waals surface area contributed by atoms with E-state index in [-0.39, 0.29) is 0 Å². The van der Waals surface area contributed by atoms with Crippen LogP contribution in [0.15, 0.2) is 0 Å². The van der Waals surface area contributed by atoms with Crippen LogP contribution in [0, 0.1) is 5.92 Å². The SMILES string of the molecule is CCCNC1(C(=O)O)CCCC(SCC2CCCC2)C1. The molecule has 0 aromatic heterocycles. The molecule has 4 heteroatoms. The van der Waals surface area contributed by atoms with E-state index in [9.17, 15) is 9.90 Å². The standard InChI is InChI=1S/C16H29NO2S/c1-2-10-17-16(15(18)19)9-5-8-14(11-16)20-12-13-6-3-4-7-13/h13-14,17H,2-12H2,1H3,(H,18,19). The zero-order valence-corrected chi connectivity index (χ0v) is 13.5. The monoisotopic (exact) mass is 299 g/mol. The Morgan fingerprint density at radius 1 is 1.30 bits per heavy atom. The molecule has 0 bridgehead atoms. The molecule has 0 aliphatic heterocycles. The van der Waals surface area contributed by atoms with Gasteiger partial charge in [-0.2, -0.15) is 11.8 Å². The number of carbonyl (C=O) groups is 1. The molecule has 2 unspecified atom stereocenters. The number of thioether (sulfide) groups is 1. The predicted octanol–water partition coefficient (Wildman–Crippen LogP) is 3.68. The van der Waals surface area contributed by atoms with E-state index >= 15 is 0 Å². The number of hydrogen-bond acceptors (Lipinski definition) is 3. The van der Waals surface area contributed by atoms with E-state index in [2.05, 4.69) is 12.2 Å². The molecular weight excluding hydrogens is 270 g/mol. The van der Waals surface area contributed by atoms with Gasteiger partial charge in [-0.3, -0.25) is 4.79 Å². The maximum atomic E-state index is 11.7. The van der Waals surface area contributed by atoms with Crippen LogP contribution < -0.4 is 5.32 Å². The Labute approximate surface area is 127 Å². The molecule has 2 N–H and O–H groups in total. The van der Waals surface area contributed by atoms with E-state index in [1.807, 2.05) is 11.8 Å². The van der Waals surface area contributed by atoms with Crippen molar-refractivity contribution >= 4 is 17.7 Å². The number of aliphatic carboxylic acids is 1. The van der Waals surface area contributed by atoms with Gasteiger partial charge in [0.1, 0.15) is 5.54 Å². The van der Waals surface area contributed by atoms with Crippen molar-refractivity contribution in [1.29, 1.82) is 0 Å². The van der Waals surface area contributed by atoms with Gasteiger partial charge in [0.25, 0.3) is 0 Å². The molecule has 0 amide bonds. The van der Waals surface area contributed by atoms with Gasteiger partial charge in [-0.15, -0.1) is 0 Å². The van der Waals surface area contributed by atoms with Crippen molar-refractivity contribution in [2.45, 2.75) is 75.5 Å². The summed E-state index contributed by atoms with van der Waals surface area (Å²) in [7, 11) is 0. The smallest absolute Gasteiger partial charge is 0.323 e. The van der Waals surface area contributed by atoms with Gasteiger partial charge in [0.15, 0.2) is 0 Å². The van der Waals surface area contributed by atoms with Crippen molar-refractivity contribution in [3.63, 3.8) is 0 Å². The average Bonchev–Trinajstić information content (AvgIpc) is 2.96. The highest BCUT2D eigenvalue weighted by Gasteiger charge is 2.42. The Hall–Kier alpha value is -0.220. The summed E-state index contributed by atoms with van der Waals surface area (Å²) in [6.07, 6.45) is 10.4. The first kappa shape index (κ1) is 16.2. The van der Waals surface area contributed by atoms with E-state index in [0.29, 0.717) is 5.25 Å². The maximum Gasteiger partial charge on any atom is 0.323 e. The Balaban J connectivity index is 1.85. The molecule has 0 saturated heterocycles. The van der Waals surface area contributed by atoms with Crippen molar-refractivity contribution in [1.82, 2.24) is 5.32 Å². The van der Waals surface area contributed by atoms with Crippen LogP contribution in [0.4, 0.5) is 0 Å². The minimum atomic E-state index is -0.651. The third-order valence-electron chi connectivity index (χ3n) is 4.87. The van der Waals surface area contributed by atoms with Crippen molar-refractivity contribution in [3.05, 3.63) is 0 Å². The van der Waals surface area contributed by atoms with E-state index in [1.54, 1.807) is 0 Å². The predicted molar refractivity (Wildman–Crippen MR) is 85.3 cm³/mol. The lowest BCUT2D eigenvalue weighted by Crippen LogP contribution is -2.55. The summed E-state index contributed by atoms with van der Waals surface area (Å²) in [6.45, 7) is 2.91. The summed E-state index contributed by atoms with van der Waals surface area (Å²) in [5.41, 5.74) is -0.651. The van der Waals surface area contributed by atoms with Gasteiger partial charge in [0.2, 0.25) is 0 Å². The Bertz CT molecular complexity index is 318. The largest absolute Gasteiger partial charge is 0.480 e. The number of nitrogens with one attached hydrogen (secondary N) is 1. The Morgan fingerprint density at radius 2 is 2.05 bits per heavy atom. The molecule has 2 aliphatic carbocycles. The topological polar surface area (TPSA) is 49.3 Å². The molecule has 2 rings (SSSR count). The minimum absolute atomic E-state index is 0.532. The second-order valence-corrected chi connectivity index (χ2v) is 7.85. The van der Waals surface area contributed by atoms with Crippen LogP contribution in [0.25, 0.3) is 0 Å². The summed E-state index contributed by atoms with van der Waals surface area (Å²) in [5.74, 6) is 1.50. The third kappa shape index (κ3) is 4.14. The quantitative estimate of drug-likeness (QED) is 0.753. The summed E-state index contributed by atoms with van der Waals surface area (Å²) in [6, 6.07) is 0. The van der Waals surface area contributed by atoms with Gasteiger partial charge in [-0.05, 0) is 63.2 Å². The molecule has 0 aromatic carbocycles. The lowest BCUT2D eigenvalue weighted by Gasteiger charge is -2.38. The van der Waals surface area contributed by atoms with Gasteiger partial charge in [-0.25, -0.2) is 0 Å². The molecule has 0 radical (unpaired) electrons. The summed E-state index contributed by atoms with van der Waals surface area (Å²) in [4.78, 5) is 11.7. The highest BCUT2D eigenvalue weighted by molar-refractivity contribution is 7.99. The fraction of sp³-hybridized carbons (Fsp3) is 0.938. The Morgan fingerprint density at radius 3 is 2.70 bits per heavy atom. The summed E-state index contributed by atoms with van der Waals surface area (Å²) in [5, 5.41) is 13.5. The van der Waals surface area contributed by atoms with Gasteiger partial charge < -0.3 is 10.4 Å². The van der Waals surface area contributed by atoms with Crippen molar-refractivity contribution in [2.75, 3.05) is 12.3 Å². The average molecular weight is 299 g/mol. The number of carboxylic acids is 1. The fourth-order valence-electron chi connectivity index (χ4n) is 3.61. The molecule has 20 heavy (non-hydrogen) atoms. The third-order valence-corrected chi connectivity index (χ3v) is 6.41. The molecule has 2 fully saturated rings. The van der Waals surface area contributed by atoms with Crippen LogP contribution in [-0.4, -0.2) is 34.2 Å². The minimum Gasteiger partial charge on any atom is -0.480 e. The van der Waals surface area contributed by atoms with Crippen LogP contribution >= 0.6 is 11.8 Å². The first-order chi connectivity index (χ1) is 9.66. The Kier molecular flexibility index (Phi) is 6.21. The van der Waals surface area contributed by atoms with E-state index in [0.717, 1.165) is 38.1 Å². The zero-order chi connectivity index (χ0) is 14.4. The first-order valence-corrected chi connectivity index (χ1v) is 9.31. The van der Waals surface area contributed by atoms with Gasteiger partial charge in [-0.1, -0.05) is 19.8 Å². The van der Waals surface area contributed by atoms with Crippen molar-refractivity contribution in [2.24, 2.45) is 5.92 Å². The maximum absolute atomic E-state index is 11.7. The first-order valence-electron chi connectivity index (χ1n) is 8.26. The fourth-order valence-corrected chi connectivity index (χ4v) is 5.22. The summed E-state index contributed by atoms with van der Waals surface area (Å²) >= 11 is 2.04. The van der Waals surface area contributed by atoms with Crippen LogP contribution in [0.3, 0.4) is 0 Å². The van der Waals surface area contributed by atoms with E-state index in [4.69, 9.17) is 0 Å². The van der Waals surface area contributed by atoms with Crippen LogP contribution in [0.5, 0.6) is 0 Å². The number of rotatable bonds is 7. The molecule has 0 aromatic rings. The highest BCUT2D eigenvalue weighted by atomic mass is 32.2. The van der Waals surface area contributed by atoms with Crippen molar-refractivity contribution in [3.8, 4) is 0 Å². The molecular formula is C16H29NO2S. The lowest BCUT2D eigenvalue weighted by atomic mass is 9.81. The second-order valence-electron chi connectivity index (χ2n) is 6.52. The second kappa shape index (κ2) is 7.69. The highest BCUT2D eigenvalue weighted by Crippen LogP contribution is 2.38. The van der Waals surface area contributed by atoms with E-state index < -0.39 is 11.5 Å². The van der Waals surface area contributed by atoms with Crippen molar-refractivity contribution < 1.29 is 9.90 Å². The van der Waals surface area contributed by atoms with Crippen LogP contribution in [0.1, 0.15) is 64.7 Å². The molecule has 2 atom stereocenters. The molecule has 3 nitrogen and oxygen atoms in total. The number of carboxylic acid groups (broad SMARTS) is 1. The normalized spacial score (nSPS) is 31.6. The number of hydrogen-bond donors (Lipinski definition) is 2. The van der Waals surface area contributed by atoms with Crippen LogP contribution in [-0.2, 0) is 4.79 Å². The van der Waals surface area contributed by atoms with Gasteiger partial charge in [0.05, 0.1) is 0 Å². The molecule has 2 aliphatic rings. The lowest BCUT2D eigenvalue weighted by molar-refractivity contribution is -0.146. The summed E-state index contributed by atoms with van der Waals surface area (Å²) < 4.78 is 0. The van der Waals surface area contributed by atoms with Gasteiger partial charge >= 0.3 is 5.97 Å². The molecule has 0 heterocycles. The van der Waals surface area contributed by atoms with E-state index in [1.165, 1.54) is 37.9 Å². The van der Waals surface area contributed by atoms with Crippen LogP contribution in [0.2, 0.25) is 0 Å². The zero-order valence-electron chi connectivity index (χ0n) is 12.7. The molecule has 2 saturated carbocycles. The molecule has 0 spiro atoms. The van der Waals surface area contributed by atoms with Gasteiger partial charge in [0, 0.05) is 5.25 Å².